The summed E-state index contributed by atoms with van der Waals surface area (Å²) in [7, 11) is 0. The largest absolute Gasteiger partial charge is 0.573 e. The minimum absolute atomic E-state index is 0.177. The number of nitrogens with one attached hydrogen (secondary N) is 1. The number of pyridine rings is 1. The Morgan fingerprint density at radius 3 is 2.38 bits per heavy atom. The molecule has 1 fully saturated rings. The van der Waals surface area contributed by atoms with E-state index in [2.05, 4.69) is 15.0 Å². The van der Waals surface area contributed by atoms with Crippen LogP contribution in [-0.2, 0) is 6.61 Å². The number of benzene rings is 1. The number of carbonyl (C=O) groups excluding carboxylic acids is 1. The van der Waals surface area contributed by atoms with Gasteiger partial charge >= 0.3 is 6.36 Å². The Kier molecular flexibility index (Phi) is 5.29. The Bertz CT molecular complexity index is 742. The maximum atomic E-state index is 12.1. The zero-order valence-corrected chi connectivity index (χ0v) is 13.8. The van der Waals surface area contributed by atoms with Gasteiger partial charge in [-0.15, -0.1) is 13.2 Å². The van der Waals surface area contributed by atoms with Gasteiger partial charge in [-0.3, -0.25) is 9.78 Å². The molecule has 26 heavy (non-hydrogen) atoms. The van der Waals surface area contributed by atoms with Crippen LogP contribution >= 0.6 is 0 Å². The van der Waals surface area contributed by atoms with E-state index in [1.165, 1.54) is 30.5 Å². The number of aromatic nitrogens is 1. The molecule has 138 valence electrons. The van der Waals surface area contributed by atoms with Gasteiger partial charge in [0.1, 0.15) is 23.8 Å². The fourth-order valence-electron chi connectivity index (χ4n) is 2.20. The van der Waals surface area contributed by atoms with Crippen molar-refractivity contribution in [3.8, 4) is 11.5 Å². The van der Waals surface area contributed by atoms with E-state index in [0.717, 1.165) is 18.4 Å². The highest BCUT2D eigenvalue weighted by atomic mass is 19.4. The molecule has 5 nitrogen and oxygen atoms in total. The molecule has 0 bridgehead atoms. The molecule has 1 aromatic carbocycles. The molecule has 1 N–H and O–H groups in total. The van der Waals surface area contributed by atoms with Crippen LogP contribution in [0.25, 0.3) is 0 Å². The van der Waals surface area contributed by atoms with Crippen molar-refractivity contribution in [3.63, 3.8) is 0 Å². The molecule has 1 heterocycles. The lowest BCUT2D eigenvalue weighted by Crippen LogP contribution is -2.26. The summed E-state index contributed by atoms with van der Waals surface area (Å²) in [5, 5.41) is 2.83. The molecule has 0 aliphatic heterocycles. The third-order valence-corrected chi connectivity index (χ3v) is 3.77. The third-order valence-electron chi connectivity index (χ3n) is 3.77. The van der Waals surface area contributed by atoms with E-state index in [9.17, 15) is 18.0 Å². The third kappa shape index (κ3) is 5.65. The minimum atomic E-state index is -4.72. The molecular formula is C18H17F3N2O3. The lowest BCUT2D eigenvalue weighted by Gasteiger charge is -2.10. The van der Waals surface area contributed by atoms with Crippen molar-refractivity contribution in [2.75, 3.05) is 6.54 Å². The van der Waals surface area contributed by atoms with Crippen molar-refractivity contribution in [1.82, 2.24) is 10.3 Å². The lowest BCUT2D eigenvalue weighted by atomic mass is 10.2. The molecule has 1 aromatic heterocycles. The second-order valence-corrected chi connectivity index (χ2v) is 6.01. The number of carbonyl (C=O) groups is 1. The van der Waals surface area contributed by atoms with E-state index in [4.69, 9.17) is 4.74 Å². The van der Waals surface area contributed by atoms with Gasteiger partial charge in [-0.05, 0) is 49.1 Å². The summed E-state index contributed by atoms with van der Waals surface area (Å²) < 4.78 is 45.6. The first-order chi connectivity index (χ1) is 12.4. The average Bonchev–Trinajstić information content (AvgIpc) is 3.43. The Morgan fingerprint density at radius 1 is 1.12 bits per heavy atom. The fraction of sp³-hybridized carbons (Fsp3) is 0.333. The van der Waals surface area contributed by atoms with Crippen molar-refractivity contribution in [2.45, 2.75) is 25.8 Å². The van der Waals surface area contributed by atoms with Crippen LogP contribution in [0.4, 0.5) is 13.2 Å². The van der Waals surface area contributed by atoms with E-state index in [0.29, 0.717) is 23.9 Å². The normalized spacial score (nSPS) is 14.0. The van der Waals surface area contributed by atoms with Gasteiger partial charge in [0, 0.05) is 18.3 Å². The van der Waals surface area contributed by atoms with E-state index in [1.54, 1.807) is 12.1 Å². The molecule has 1 saturated carbocycles. The van der Waals surface area contributed by atoms with E-state index < -0.39 is 6.36 Å². The zero-order chi connectivity index (χ0) is 18.6. The molecule has 8 heteroatoms. The molecule has 3 rings (SSSR count). The molecule has 1 aliphatic rings. The molecule has 0 radical (unpaired) electrons. The first-order valence-electron chi connectivity index (χ1n) is 8.11. The Hall–Kier alpha value is -2.77. The standard InChI is InChI=1S/C18H17F3N2O3/c19-18(20,21)26-15-6-4-14(5-7-15)25-11-13-3-8-16(22-10-13)17(24)23-9-12-1-2-12/h3-8,10,12H,1-2,9,11H2,(H,23,24). The van der Waals surface area contributed by atoms with Gasteiger partial charge in [-0.1, -0.05) is 6.07 Å². The average molecular weight is 366 g/mol. The first kappa shape index (κ1) is 18.0. The molecule has 0 saturated heterocycles. The van der Waals surface area contributed by atoms with Gasteiger partial charge in [0.05, 0.1) is 0 Å². The topological polar surface area (TPSA) is 60.5 Å². The monoisotopic (exact) mass is 366 g/mol. The van der Waals surface area contributed by atoms with Crippen molar-refractivity contribution in [3.05, 3.63) is 53.9 Å². The SMILES string of the molecule is O=C(NCC1CC1)c1ccc(COc2ccc(OC(F)(F)F)cc2)cn1. The number of amides is 1. The van der Waals surface area contributed by atoms with E-state index in [-0.39, 0.29) is 18.3 Å². The zero-order valence-electron chi connectivity index (χ0n) is 13.8. The van der Waals surface area contributed by atoms with Gasteiger partial charge in [0.15, 0.2) is 0 Å². The number of hydrogen-bond donors (Lipinski definition) is 1. The second-order valence-electron chi connectivity index (χ2n) is 6.01. The van der Waals surface area contributed by atoms with Crippen molar-refractivity contribution in [1.29, 1.82) is 0 Å². The van der Waals surface area contributed by atoms with Crippen LogP contribution in [0.3, 0.4) is 0 Å². The minimum Gasteiger partial charge on any atom is -0.489 e. The Labute approximate surface area is 148 Å². The Morgan fingerprint density at radius 2 is 1.81 bits per heavy atom. The first-order valence-corrected chi connectivity index (χ1v) is 8.11. The Balaban J connectivity index is 1.48. The van der Waals surface area contributed by atoms with Gasteiger partial charge in [-0.25, -0.2) is 0 Å². The summed E-state index contributed by atoms with van der Waals surface area (Å²) >= 11 is 0. The van der Waals surface area contributed by atoms with Crippen LogP contribution in [0.2, 0.25) is 0 Å². The number of halogens is 3. The molecule has 0 atom stereocenters. The summed E-state index contributed by atoms with van der Waals surface area (Å²) in [4.78, 5) is 16.0. The van der Waals surface area contributed by atoms with Crippen molar-refractivity contribution < 1.29 is 27.4 Å². The van der Waals surface area contributed by atoms with Gasteiger partial charge in [-0.2, -0.15) is 0 Å². The van der Waals surface area contributed by atoms with E-state index in [1.807, 2.05) is 0 Å². The summed E-state index contributed by atoms with van der Waals surface area (Å²) in [5.74, 6) is 0.475. The smallest absolute Gasteiger partial charge is 0.489 e. The number of ether oxygens (including phenoxy) is 2. The lowest BCUT2D eigenvalue weighted by molar-refractivity contribution is -0.274. The molecule has 1 aliphatic carbocycles. The molecule has 0 spiro atoms. The number of nitrogens with zero attached hydrogens (tertiary/aromatic N) is 1. The number of alkyl halides is 3. The summed E-state index contributed by atoms with van der Waals surface area (Å²) in [6.07, 6.45) is -0.867. The van der Waals surface area contributed by atoms with Gasteiger partial charge < -0.3 is 14.8 Å². The summed E-state index contributed by atoms with van der Waals surface area (Å²) in [6.45, 7) is 0.857. The van der Waals surface area contributed by atoms with E-state index >= 15 is 0 Å². The maximum Gasteiger partial charge on any atom is 0.573 e. The highest BCUT2D eigenvalue weighted by Crippen LogP contribution is 2.27. The van der Waals surface area contributed by atoms with Crippen LogP contribution in [0, 0.1) is 5.92 Å². The van der Waals surface area contributed by atoms with Crippen LogP contribution in [0.5, 0.6) is 11.5 Å². The van der Waals surface area contributed by atoms with Crippen LogP contribution in [0.15, 0.2) is 42.6 Å². The summed E-state index contributed by atoms with van der Waals surface area (Å²) in [6, 6.07) is 8.45. The van der Waals surface area contributed by atoms with Gasteiger partial charge in [0.25, 0.3) is 5.91 Å². The quantitative estimate of drug-likeness (QED) is 0.812. The van der Waals surface area contributed by atoms with Crippen molar-refractivity contribution in [2.24, 2.45) is 5.92 Å². The molecule has 0 unspecified atom stereocenters. The fourth-order valence-corrected chi connectivity index (χ4v) is 2.20. The predicted molar refractivity (Wildman–Crippen MR) is 86.8 cm³/mol. The summed E-state index contributed by atoms with van der Waals surface area (Å²) in [5.41, 5.74) is 1.07. The maximum absolute atomic E-state index is 12.1. The number of rotatable bonds is 7. The van der Waals surface area contributed by atoms with Crippen molar-refractivity contribution >= 4 is 5.91 Å². The van der Waals surface area contributed by atoms with Crippen LogP contribution < -0.4 is 14.8 Å². The number of hydrogen-bond acceptors (Lipinski definition) is 4. The molecule has 2 aromatic rings. The van der Waals surface area contributed by atoms with Gasteiger partial charge in [0.2, 0.25) is 0 Å². The molecular weight excluding hydrogens is 349 g/mol. The second kappa shape index (κ2) is 7.63. The highest BCUT2D eigenvalue weighted by Gasteiger charge is 2.31. The predicted octanol–water partition coefficient (Wildman–Crippen LogP) is 3.70. The van der Waals surface area contributed by atoms with Crippen LogP contribution in [-0.4, -0.2) is 23.8 Å². The molecule has 1 amide bonds. The highest BCUT2D eigenvalue weighted by molar-refractivity contribution is 5.92. The van der Waals surface area contributed by atoms with Crippen LogP contribution in [0.1, 0.15) is 28.9 Å².